The van der Waals surface area contributed by atoms with E-state index in [1.54, 1.807) is 40.4 Å². The van der Waals surface area contributed by atoms with E-state index < -0.39 is 0 Å². The van der Waals surface area contributed by atoms with Crippen LogP contribution in [0.2, 0.25) is 0 Å². The van der Waals surface area contributed by atoms with Crippen molar-refractivity contribution in [2.24, 2.45) is 0 Å². The maximum atomic E-state index is 13.1. The molecule has 32 heavy (non-hydrogen) atoms. The Labute approximate surface area is 191 Å². The molecule has 0 saturated carbocycles. The van der Waals surface area contributed by atoms with Gasteiger partial charge in [-0.05, 0) is 48.2 Å². The molecule has 0 aliphatic rings. The predicted molar refractivity (Wildman–Crippen MR) is 126 cm³/mol. The first-order valence-corrected chi connectivity index (χ1v) is 11.3. The average molecular weight is 448 g/mol. The van der Waals surface area contributed by atoms with Crippen molar-refractivity contribution in [2.45, 2.75) is 20.1 Å². The summed E-state index contributed by atoms with van der Waals surface area (Å²) in [5.74, 6) is 1.27. The van der Waals surface area contributed by atoms with Crippen LogP contribution in [-0.2, 0) is 13.2 Å². The number of amides is 1. The van der Waals surface area contributed by atoms with Gasteiger partial charge in [0.1, 0.15) is 6.61 Å². The van der Waals surface area contributed by atoms with Gasteiger partial charge in [-0.2, -0.15) is 5.10 Å². The summed E-state index contributed by atoms with van der Waals surface area (Å²) in [7, 11) is 1.62. The number of carbonyl (C=O) groups is 1. The standard InChI is InChI=1S/C25H25N3O3S/c1-3-27(25(29)20-15-26-28(17-20)21-8-5-4-6-9-21)16-19-11-12-23(24(14-19)30-2)31-18-22-10-7-13-32-22/h4-15,17H,3,16,18H2,1-2H3. The zero-order chi connectivity index (χ0) is 22.3. The van der Waals surface area contributed by atoms with Gasteiger partial charge in [0.2, 0.25) is 0 Å². The van der Waals surface area contributed by atoms with E-state index in [2.05, 4.69) is 5.10 Å². The van der Waals surface area contributed by atoms with E-state index in [4.69, 9.17) is 9.47 Å². The third-order valence-corrected chi connectivity index (χ3v) is 5.92. The van der Waals surface area contributed by atoms with Crippen molar-refractivity contribution in [3.8, 4) is 17.2 Å². The van der Waals surface area contributed by atoms with Crippen molar-refractivity contribution < 1.29 is 14.3 Å². The summed E-state index contributed by atoms with van der Waals surface area (Å²) >= 11 is 1.65. The Morgan fingerprint density at radius 2 is 1.94 bits per heavy atom. The lowest BCUT2D eigenvalue weighted by Crippen LogP contribution is -2.30. The zero-order valence-corrected chi connectivity index (χ0v) is 18.9. The lowest BCUT2D eigenvalue weighted by Gasteiger charge is -2.21. The molecule has 4 aromatic rings. The predicted octanol–water partition coefficient (Wildman–Crippen LogP) is 5.18. The second-order valence-electron chi connectivity index (χ2n) is 7.18. The molecule has 0 unspecified atom stereocenters. The number of hydrogen-bond acceptors (Lipinski definition) is 5. The number of carbonyl (C=O) groups excluding carboxylic acids is 1. The summed E-state index contributed by atoms with van der Waals surface area (Å²) in [5.41, 5.74) is 2.44. The molecule has 0 spiro atoms. The number of para-hydroxylation sites is 1. The van der Waals surface area contributed by atoms with Gasteiger partial charge in [0, 0.05) is 24.2 Å². The minimum atomic E-state index is -0.0633. The maximum Gasteiger partial charge on any atom is 0.257 e. The van der Waals surface area contributed by atoms with Crippen molar-refractivity contribution in [1.82, 2.24) is 14.7 Å². The molecule has 0 N–H and O–H groups in total. The number of hydrogen-bond donors (Lipinski definition) is 0. The van der Waals surface area contributed by atoms with Crippen molar-refractivity contribution in [3.63, 3.8) is 0 Å². The summed E-state index contributed by atoms with van der Waals surface area (Å²) in [6.07, 6.45) is 3.38. The first-order chi connectivity index (χ1) is 15.7. The topological polar surface area (TPSA) is 56.6 Å². The Hall–Kier alpha value is -3.58. The molecule has 0 atom stereocenters. The number of rotatable bonds is 9. The number of nitrogens with zero attached hydrogens (tertiary/aromatic N) is 3. The monoisotopic (exact) mass is 447 g/mol. The molecule has 4 rings (SSSR count). The van der Waals surface area contributed by atoms with Crippen LogP contribution in [0.25, 0.3) is 5.69 Å². The largest absolute Gasteiger partial charge is 0.493 e. The van der Waals surface area contributed by atoms with Crippen LogP contribution in [0.5, 0.6) is 11.5 Å². The van der Waals surface area contributed by atoms with Gasteiger partial charge in [-0.25, -0.2) is 4.68 Å². The van der Waals surface area contributed by atoms with E-state index in [0.29, 0.717) is 36.8 Å². The molecule has 2 aromatic carbocycles. The number of ether oxygens (including phenoxy) is 2. The highest BCUT2D eigenvalue weighted by Gasteiger charge is 2.18. The Bertz CT molecular complexity index is 1160. The van der Waals surface area contributed by atoms with Gasteiger partial charge in [-0.1, -0.05) is 30.3 Å². The highest BCUT2D eigenvalue weighted by atomic mass is 32.1. The van der Waals surface area contributed by atoms with Gasteiger partial charge < -0.3 is 14.4 Å². The first-order valence-electron chi connectivity index (χ1n) is 10.4. The fraction of sp³-hybridized carbons (Fsp3) is 0.200. The SMILES string of the molecule is CCN(Cc1ccc(OCc2cccs2)c(OC)c1)C(=O)c1cnn(-c2ccccc2)c1. The Kier molecular flexibility index (Phi) is 6.87. The smallest absolute Gasteiger partial charge is 0.257 e. The van der Waals surface area contributed by atoms with Gasteiger partial charge in [0.15, 0.2) is 11.5 Å². The highest BCUT2D eigenvalue weighted by Crippen LogP contribution is 2.30. The van der Waals surface area contributed by atoms with Gasteiger partial charge in [0.05, 0.1) is 24.6 Å². The molecular formula is C25H25N3O3S. The fourth-order valence-electron chi connectivity index (χ4n) is 3.36. The van der Waals surface area contributed by atoms with Crippen LogP contribution in [0.15, 0.2) is 78.4 Å². The summed E-state index contributed by atoms with van der Waals surface area (Å²) < 4.78 is 13.2. The molecule has 7 heteroatoms. The molecule has 0 fully saturated rings. The Morgan fingerprint density at radius 1 is 1.09 bits per heavy atom. The number of thiophene rings is 1. The average Bonchev–Trinajstić information content (AvgIpc) is 3.54. The van der Waals surface area contributed by atoms with Crippen molar-refractivity contribution in [1.29, 1.82) is 0 Å². The Morgan fingerprint density at radius 3 is 2.66 bits per heavy atom. The van der Waals surface area contributed by atoms with Crippen LogP contribution in [0.1, 0.15) is 27.7 Å². The molecule has 1 amide bonds. The van der Waals surface area contributed by atoms with E-state index in [9.17, 15) is 4.79 Å². The first kappa shape index (κ1) is 21.6. The van der Waals surface area contributed by atoms with Gasteiger partial charge >= 0.3 is 0 Å². The van der Waals surface area contributed by atoms with E-state index in [1.165, 1.54) is 0 Å². The van der Waals surface area contributed by atoms with Gasteiger partial charge in [-0.15, -0.1) is 11.3 Å². The lowest BCUT2D eigenvalue weighted by atomic mass is 10.1. The minimum Gasteiger partial charge on any atom is -0.493 e. The minimum absolute atomic E-state index is 0.0633. The summed E-state index contributed by atoms with van der Waals surface area (Å²) in [6, 6.07) is 19.6. The summed E-state index contributed by atoms with van der Waals surface area (Å²) in [4.78, 5) is 16.0. The lowest BCUT2D eigenvalue weighted by molar-refractivity contribution is 0.0752. The highest BCUT2D eigenvalue weighted by molar-refractivity contribution is 7.09. The molecule has 2 heterocycles. The normalized spacial score (nSPS) is 10.7. The molecule has 0 aliphatic heterocycles. The van der Waals surface area contributed by atoms with Crippen molar-refractivity contribution in [3.05, 3.63) is 94.4 Å². The van der Waals surface area contributed by atoms with Crippen LogP contribution in [0.3, 0.4) is 0 Å². The number of benzene rings is 2. The maximum absolute atomic E-state index is 13.1. The zero-order valence-electron chi connectivity index (χ0n) is 18.1. The molecule has 164 valence electrons. The third kappa shape index (κ3) is 5.00. The van der Waals surface area contributed by atoms with E-state index in [0.717, 1.165) is 16.1 Å². The van der Waals surface area contributed by atoms with Crippen LogP contribution in [-0.4, -0.2) is 34.2 Å². The van der Waals surface area contributed by atoms with E-state index in [-0.39, 0.29) is 5.91 Å². The molecular weight excluding hydrogens is 422 g/mol. The van der Waals surface area contributed by atoms with Gasteiger partial charge in [-0.3, -0.25) is 4.79 Å². The molecule has 0 aliphatic carbocycles. The molecule has 6 nitrogen and oxygen atoms in total. The van der Waals surface area contributed by atoms with Crippen molar-refractivity contribution in [2.75, 3.05) is 13.7 Å². The number of methoxy groups -OCH3 is 1. The quantitative estimate of drug-likeness (QED) is 0.355. The van der Waals surface area contributed by atoms with Crippen LogP contribution in [0.4, 0.5) is 0 Å². The second-order valence-corrected chi connectivity index (χ2v) is 8.21. The molecule has 2 aromatic heterocycles. The third-order valence-electron chi connectivity index (χ3n) is 5.07. The van der Waals surface area contributed by atoms with Crippen LogP contribution < -0.4 is 9.47 Å². The van der Waals surface area contributed by atoms with Crippen molar-refractivity contribution >= 4 is 17.2 Å². The molecule has 0 saturated heterocycles. The van der Waals surface area contributed by atoms with Crippen LogP contribution in [0, 0.1) is 0 Å². The molecule has 0 radical (unpaired) electrons. The Balaban J connectivity index is 1.45. The summed E-state index contributed by atoms with van der Waals surface area (Å²) in [6.45, 7) is 3.51. The van der Waals surface area contributed by atoms with Gasteiger partial charge in [0.25, 0.3) is 5.91 Å². The van der Waals surface area contributed by atoms with Crippen LogP contribution >= 0.6 is 11.3 Å². The fourth-order valence-corrected chi connectivity index (χ4v) is 3.97. The second kappa shape index (κ2) is 10.2. The van der Waals surface area contributed by atoms with E-state index in [1.807, 2.05) is 73.0 Å². The number of aromatic nitrogens is 2. The molecule has 0 bridgehead atoms. The van der Waals surface area contributed by atoms with E-state index >= 15 is 0 Å². The summed E-state index contributed by atoms with van der Waals surface area (Å²) in [5, 5.41) is 6.37.